The molecule has 0 radical (unpaired) electrons. The maximum atomic E-state index is 13.1. The number of aryl methyl sites for hydroxylation is 1. The molecule has 162 valence electrons. The molecule has 0 spiro atoms. The maximum absolute atomic E-state index is 13.1. The van der Waals surface area contributed by atoms with Crippen LogP contribution in [-0.4, -0.2) is 41.5 Å². The number of nitrogens with one attached hydrogen (secondary N) is 1. The molecule has 6 heteroatoms. The topological polar surface area (TPSA) is 75.4 Å². The summed E-state index contributed by atoms with van der Waals surface area (Å²) in [5, 5.41) is 7.21. The summed E-state index contributed by atoms with van der Waals surface area (Å²) in [6, 6.07) is 10.0. The van der Waals surface area contributed by atoms with Crippen LogP contribution in [0.3, 0.4) is 0 Å². The third kappa shape index (κ3) is 5.10. The number of likely N-dealkylation sites (tertiary alicyclic amines) is 1. The van der Waals surface area contributed by atoms with Gasteiger partial charge in [-0.05, 0) is 32.6 Å². The van der Waals surface area contributed by atoms with Crippen molar-refractivity contribution in [3.8, 4) is 11.3 Å². The summed E-state index contributed by atoms with van der Waals surface area (Å²) in [6.45, 7) is 9.73. The molecule has 1 N–H and O–H groups in total. The lowest BCUT2D eigenvalue weighted by Gasteiger charge is -2.41. The highest BCUT2D eigenvalue weighted by molar-refractivity contribution is 5.85. The maximum Gasteiger partial charge on any atom is 0.228 e. The Bertz CT molecular complexity index is 872. The van der Waals surface area contributed by atoms with E-state index in [-0.39, 0.29) is 11.8 Å². The van der Waals surface area contributed by atoms with Gasteiger partial charge in [-0.3, -0.25) is 9.59 Å². The van der Waals surface area contributed by atoms with Gasteiger partial charge in [0.05, 0.1) is 5.41 Å². The smallest absolute Gasteiger partial charge is 0.228 e. The van der Waals surface area contributed by atoms with E-state index in [1.54, 1.807) is 0 Å². The Hall–Kier alpha value is -2.63. The largest absolute Gasteiger partial charge is 0.361 e. The predicted octanol–water partition coefficient (Wildman–Crippen LogP) is 3.98. The van der Waals surface area contributed by atoms with E-state index >= 15 is 0 Å². The van der Waals surface area contributed by atoms with E-state index in [1.807, 2.05) is 62.9 Å². The van der Waals surface area contributed by atoms with Gasteiger partial charge in [0.2, 0.25) is 11.8 Å². The molecule has 1 saturated heterocycles. The molecular weight excluding hydrogens is 378 g/mol. The normalized spacial score (nSPS) is 19.2. The highest BCUT2D eigenvalue weighted by atomic mass is 16.5. The van der Waals surface area contributed by atoms with Crippen molar-refractivity contribution in [2.24, 2.45) is 11.3 Å². The summed E-state index contributed by atoms with van der Waals surface area (Å²) in [5.41, 5.74) is 2.25. The lowest BCUT2D eigenvalue weighted by atomic mass is 9.75. The van der Waals surface area contributed by atoms with Gasteiger partial charge in [-0.25, -0.2) is 0 Å². The minimum absolute atomic E-state index is 0.0136. The van der Waals surface area contributed by atoms with Crippen molar-refractivity contribution >= 4 is 11.8 Å². The Labute approximate surface area is 179 Å². The first-order chi connectivity index (χ1) is 14.3. The zero-order chi connectivity index (χ0) is 21.7. The fourth-order valence-corrected chi connectivity index (χ4v) is 4.17. The van der Waals surface area contributed by atoms with E-state index < -0.39 is 5.41 Å². The molecule has 1 fully saturated rings. The molecule has 1 atom stereocenters. The Morgan fingerprint density at radius 3 is 2.67 bits per heavy atom. The van der Waals surface area contributed by atoms with E-state index in [0.717, 1.165) is 24.1 Å². The van der Waals surface area contributed by atoms with Crippen LogP contribution in [0.2, 0.25) is 0 Å². The van der Waals surface area contributed by atoms with Crippen LogP contribution in [0.1, 0.15) is 51.4 Å². The van der Waals surface area contributed by atoms with Crippen molar-refractivity contribution in [3.05, 3.63) is 41.7 Å². The van der Waals surface area contributed by atoms with Crippen molar-refractivity contribution in [1.29, 1.82) is 0 Å². The fraction of sp³-hybridized carbons (Fsp3) is 0.542. The number of amides is 2. The third-order valence-electron chi connectivity index (χ3n) is 5.75. The highest BCUT2D eigenvalue weighted by Crippen LogP contribution is 2.35. The van der Waals surface area contributed by atoms with Gasteiger partial charge >= 0.3 is 0 Å². The Kier molecular flexibility index (Phi) is 6.95. The first-order valence-corrected chi connectivity index (χ1v) is 10.9. The number of piperidine rings is 1. The van der Waals surface area contributed by atoms with Crippen LogP contribution in [0.5, 0.6) is 0 Å². The molecule has 1 aliphatic heterocycles. The van der Waals surface area contributed by atoms with Gasteiger partial charge in [0.25, 0.3) is 0 Å². The zero-order valence-electron chi connectivity index (χ0n) is 18.5. The number of carbonyl (C=O) groups excluding carboxylic acids is 2. The molecule has 2 amide bonds. The summed E-state index contributed by atoms with van der Waals surface area (Å²) < 4.78 is 5.63. The molecule has 30 heavy (non-hydrogen) atoms. The number of rotatable bonds is 7. The Balaban J connectivity index is 1.83. The van der Waals surface area contributed by atoms with Crippen LogP contribution < -0.4 is 5.32 Å². The third-order valence-corrected chi connectivity index (χ3v) is 5.75. The number of benzene rings is 1. The molecule has 0 bridgehead atoms. The number of aromatic nitrogens is 1. The van der Waals surface area contributed by atoms with E-state index in [2.05, 4.69) is 10.5 Å². The summed E-state index contributed by atoms with van der Waals surface area (Å²) in [7, 11) is 0. The van der Waals surface area contributed by atoms with Gasteiger partial charge in [0, 0.05) is 44.1 Å². The highest BCUT2D eigenvalue weighted by Gasteiger charge is 2.44. The van der Waals surface area contributed by atoms with Crippen molar-refractivity contribution in [2.45, 2.75) is 53.4 Å². The van der Waals surface area contributed by atoms with Gasteiger partial charge in [0.1, 0.15) is 11.5 Å². The van der Waals surface area contributed by atoms with Gasteiger partial charge < -0.3 is 14.7 Å². The molecular formula is C24H33N3O3. The molecule has 2 heterocycles. The molecule has 2 aromatic rings. The van der Waals surface area contributed by atoms with Crippen molar-refractivity contribution in [2.75, 3.05) is 19.6 Å². The summed E-state index contributed by atoms with van der Waals surface area (Å²) >= 11 is 0. The van der Waals surface area contributed by atoms with Crippen LogP contribution in [0.4, 0.5) is 0 Å². The van der Waals surface area contributed by atoms with Gasteiger partial charge in [-0.2, -0.15) is 0 Å². The Morgan fingerprint density at radius 2 is 2.00 bits per heavy atom. The first-order valence-electron chi connectivity index (χ1n) is 10.9. The molecule has 1 unspecified atom stereocenters. The molecule has 1 aromatic heterocycles. The van der Waals surface area contributed by atoms with Crippen LogP contribution >= 0.6 is 0 Å². The minimum atomic E-state index is -0.690. The average Bonchev–Trinajstić information content (AvgIpc) is 3.16. The standard InChI is InChI=1S/C24H33N3O3/c1-5-25-23(29)24(11-6-12-27(16-24)22(28)13-17(2)3)15-20-14-21(26-30-20)19-9-7-18(4)8-10-19/h7-10,14,17H,5-6,11-13,15-16H2,1-4H3,(H,25,29). The van der Waals surface area contributed by atoms with Gasteiger partial charge in [-0.15, -0.1) is 0 Å². The second kappa shape index (κ2) is 9.45. The molecule has 1 aromatic carbocycles. The molecule has 0 aliphatic carbocycles. The lowest BCUT2D eigenvalue weighted by molar-refractivity contribution is -0.142. The summed E-state index contributed by atoms with van der Waals surface area (Å²) in [5.74, 6) is 1.08. The lowest BCUT2D eigenvalue weighted by Crippen LogP contribution is -2.54. The summed E-state index contributed by atoms with van der Waals surface area (Å²) in [4.78, 5) is 27.7. The van der Waals surface area contributed by atoms with E-state index in [0.29, 0.717) is 44.2 Å². The van der Waals surface area contributed by atoms with E-state index in [9.17, 15) is 9.59 Å². The molecule has 1 aliphatic rings. The van der Waals surface area contributed by atoms with E-state index in [1.165, 1.54) is 5.56 Å². The van der Waals surface area contributed by atoms with Crippen LogP contribution in [0.25, 0.3) is 11.3 Å². The second-order valence-electron chi connectivity index (χ2n) is 8.88. The summed E-state index contributed by atoms with van der Waals surface area (Å²) in [6.07, 6.45) is 2.47. The number of nitrogens with zero attached hydrogens (tertiary/aromatic N) is 2. The minimum Gasteiger partial charge on any atom is -0.361 e. The number of hydrogen-bond donors (Lipinski definition) is 1. The monoisotopic (exact) mass is 411 g/mol. The quantitative estimate of drug-likeness (QED) is 0.748. The van der Waals surface area contributed by atoms with E-state index in [4.69, 9.17) is 4.52 Å². The van der Waals surface area contributed by atoms with Gasteiger partial charge in [-0.1, -0.05) is 48.8 Å². The molecule has 6 nitrogen and oxygen atoms in total. The van der Waals surface area contributed by atoms with Crippen LogP contribution in [-0.2, 0) is 16.0 Å². The van der Waals surface area contributed by atoms with Crippen molar-refractivity contribution < 1.29 is 14.1 Å². The predicted molar refractivity (Wildman–Crippen MR) is 117 cm³/mol. The van der Waals surface area contributed by atoms with Crippen LogP contribution in [0, 0.1) is 18.3 Å². The number of carbonyl (C=O) groups is 2. The molecule has 3 rings (SSSR count). The first kappa shape index (κ1) is 22.1. The second-order valence-corrected chi connectivity index (χ2v) is 8.88. The molecule has 0 saturated carbocycles. The van der Waals surface area contributed by atoms with Crippen LogP contribution in [0.15, 0.2) is 34.9 Å². The van der Waals surface area contributed by atoms with Crippen molar-refractivity contribution in [3.63, 3.8) is 0 Å². The average molecular weight is 412 g/mol. The van der Waals surface area contributed by atoms with Gasteiger partial charge in [0.15, 0.2) is 0 Å². The van der Waals surface area contributed by atoms with Crippen molar-refractivity contribution in [1.82, 2.24) is 15.4 Å². The Morgan fingerprint density at radius 1 is 1.27 bits per heavy atom. The SMILES string of the molecule is CCNC(=O)C1(Cc2cc(-c3ccc(C)cc3)no2)CCCN(C(=O)CC(C)C)C1. The zero-order valence-corrected chi connectivity index (χ0v) is 18.5. The number of hydrogen-bond acceptors (Lipinski definition) is 4. The fourth-order valence-electron chi connectivity index (χ4n) is 4.17.